The molecule has 0 bridgehead atoms. The fraction of sp³-hybridized carbons (Fsp3) is 0.486. The van der Waals surface area contributed by atoms with Crippen LogP contribution in [0.3, 0.4) is 0 Å². The molecule has 1 aliphatic rings. The van der Waals surface area contributed by atoms with E-state index >= 15 is 0 Å². The van der Waals surface area contributed by atoms with Gasteiger partial charge in [0.2, 0.25) is 11.4 Å². The second kappa shape index (κ2) is 19.3. The minimum absolute atomic E-state index is 0. The third kappa shape index (κ3) is 9.43. The summed E-state index contributed by atoms with van der Waals surface area (Å²) in [6, 6.07) is 17.9. The van der Waals surface area contributed by atoms with Crippen molar-refractivity contribution in [2.75, 3.05) is 0 Å². The fourth-order valence-corrected chi connectivity index (χ4v) is 5.11. The molecule has 0 N–H and O–H groups in total. The molecule has 0 atom stereocenters. The SMILES string of the molecule is CCCCCC1=C(c2ccc(CCCC)cc2)[N+](=[N-])C(c2ccc(CCCC)cc2)=C1CCCC.[CH3-].[CH3-].[Pd+2]. The average Bonchev–Trinajstić information content (AvgIpc) is 3.16. The van der Waals surface area contributed by atoms with Gasteiger partial charge in [0.25, 0.3) is 0 Å². The number of hydrogen-bond acceptors (Lipinski definition) is 0. The van der Waals surface area contributed by atoms with Crippen molar-refractivity contribution in [1.29, 1.82) is 0 Å². The topological polar surface area (TPSA) is 25.3 Å². The number of aryl methyl sites for hydroxylation is 2. The van der Waals surface area contributed by atoms with E-state index in [-0.39, 0.29) is 35.3 Å². The second-order valence-corrected chi connectivity index (χ2v) is 10.1. The molecule has 0 spiro atoms. The van der Waals surface area contributed by atoms with Crippen LogP contribution in [0.2, 0.25) is 0 Å². The number of hydrogen-bond donors (Lipinski definition) is 0. The normalized spacial score (nSPS) is 12.8. The van der Waals surface area contributed by atoms with Crippen LogP contribution in [-0.2, 0) is 33.3 Å². The summed E-state index contributed by atoms with van der Waals surface area (Å²) in [6.45, 7) is 9.00. The summed E-state index contributed by atoms with van der Waals surface area (Å²) in [5.74, 6) is 0. The van der Waals surface area contributed by atoms with Gasteiger partial charge in [-0.15, -0.1) is 0 Å². The zero-order valence-corrected chi connectivity index (χ0v) is 26.6. The van der Waals surface area contributed by atoms with Gasteiger partial charge in [-0.3, -0.25) is 0 Å². The Hall–Kier alpha value is -1.82. The van der Waals surface area contributed by atoms with Crippen molar-refractivity contribution in [3.63, 3.8) is 0 Å². The van der Waals surface area contributed by atoms with E-state index in [4.69, 9.17) is 0 Å². The molecule has 2 nitrogen and oxygen atoms in total. The van der Waals surface area contributed by atoms with Crippen molar-refractivity contribution in [2.24, 2.45) is 0 Å². The summed E-state index contributed by atoms with van der Waals surface area (Å²) in [6.07, 6.45) is 15.0. The molecule has 0 radical (unpaired) electrons. The van der Waals surface area contributed by atoms with E-state index in [9.17, 15) is 5.53 Å². The van der Waals surface area contributed by atoms with E-state index in [1.807, 2.05) is 0 Å². The van der Waals surface area contributed by atoms with Crippen LogP contribution in [0.4, 0.5) is 0 Å². The van der Waals surface area contributed by atoms with Crippen LogP contribution in [0.15, 0.2) is 59.7 Å². The summed E-state index contributed by atoms with van der Waals surface area (Å²) < 4.78 is 1.52. The maximum atomic E-state index is 11.7. The van der Waals surface area contributed by atoms with Crippen LogP contribution in [0.1, 0.15) is 121 Å². The van der Waals surface area contributed by atoms with Crippen LogP contribution in [0.25, 0.3) is 16.9 Å². The number of rotatable bonds is 15. The molecule has 0 unspecified atom stereocenters. The quantitative estimate of drug-likeness (QED) is 0.0834. The van der Waals surface area contributed by atoms with E-state index in [2.05, 4.69) is 76.2 Å². The number of allylic oxidation sites excluding steroid dienone is 2. The zero-order chi connectivity index (χ0) is 25.0. The van der Waals surface area contributed by atoms with Crippen molar-refractivity contribution >= 4 is 11.4 Å². The number of unbranched alkanes of at least 4 members (excludes halogenated alkanes) is 5. The van der Waals surface area contributed by atoms with Gasteiger partial charge in [-0.2, -0.15) is 0 Å². The Labute approximate surface area is 249 Å². The Bertz CT molecular complexity index is 1010. The molecule has 0 aromatic heterocycles. The van der Waals surface area contributed by atoms with Crippen molar-refractivity contribution < 1.29 is 25.1 Å². The predicted molar refractivity (Wildman–Crippen MR) is 164 cm³/mol. The molecular formula is C35H52N2Pd. The maximum absolute atomic E-state index is 11.7. The minimum atomic E-state index is 0. The van der Waals surface area contributed by atoms with Gasteiger partial charge in [-0.1, -0.05) is 84.1 Å². The van der Waals surface area contributed by atoms with E-state index in [1.165, 1.54) is 65.5 Å². The van der Waals surface area contributed by atoms with Crippen LogP contribution in [0.5, 0.6) is 0 Å². The van der Waals surface area contributed by atoms with E-state index in [1.54, 1.807) is 0 Å². The third-order valence-corrected chi connectivity index (χ3v) is 7.26. The van der Waals surface area contributed by atoms with Crippen LogP contribution in [0, 0.1) is 14.9 Å². The Balaban J connectivity index is 0.00000456. The summed E-state index contributed by atoms with van der Waals surface area (Å²) in [7, 11) is 0. The average molecular weight is 607 g/mol. The molecule has 3 heteroatoms. The van der Waals surface area contributed by atoms with Gasteiger partial charge < -0.3 is 20.4 Å². The fourth-order valence-electron chi connectivity index (χ4n) is 5.11. The van der Waals surface area contributed by atoms with Gasteiger partial charge in [0.05, 0.1) is 0 Å². The van der Waals surface area contributed by atoms with Gasteiger partial charge in [-0.05, 0) is 86.8 Å². The van der Waals surface area contributed by atoms with Crippen molar-refractivity contribution in [3.8, 4) is 0 Å². The van der Waals surface area contributed by atoms with E-state index in [0.717, 1.165) is 67.5 Å². The van der Waals surface area contributed by atoms with Gasteiger partial charge >= 0.3 is 20.4 Å². The smallest absolute Gasteiger partial charge is 0.493 e. The monoisotopic (exact) mass is 606 g/mol. The first-order valence-corrected chi connectivity index (χ1v) is 14.3. The summed E-state index contributed by atoms with van der Waals surface area (Å²) in [5, 5.41) is 0. The predicted octanol–water partition coefficient (Wildman–Crippen LogP) is 11.2. The first kappa shape index (κ1) is 36.2. The molecule has 212 valence electrons. The standard InChI is InChI=1S/C33H46N2.2CH3.Pd/c1-5-9-13-17-31-30(16-12-8-4)32(28-22-18-26(19-23-28)14-10-6-2)35(34)33(31)29-24-20-27(21-25-29)15-11-7-3;;;/h18-25H,5-17H2,1-4H3;2*1H3;/q;2*-1;+2. The first-order valence-electron chi connectivity index (χ1n) is 14.3. The molecule has 0 saturated heterocycles. The van der Waals surface area contributed by atoms with Gasteiger partial charge in [0.15, 0.2) is 0 Å². The van der Waals surface area contributed by atoms with Crippen LogP contribution < -0.4 is 0 Å². The molecule has 2 aromatic carbocycles. The molecule has 1 aliphatic heterocycles. The van der Waals surface area contributed by atoms with Gasteiger partial charge in [-0.25, -0.2) is 4.70 Å². The molecule has 0 fully saturated rings. The summed E-state index contributed by atoms with van der Waals surface area (Å²) in [5.41, 5.74) is 21.4. The number of nitrogens with zero attached hydrogens (tertiary/aromatic N) is 2. The number of benzene rings is 2. The molecule has 0 aliphatic carbocycles. The molecule has 0 amide bonds. The third-order valence-electron chi connectivity index (χ3n) is 7.26. The molecule has 1 heterocycles. The van der Waals surface area contributed by atoms with E-state index in [0.29, 0.717) is 0 Å². The molecule has 0 saturated carbocycles. The first-order chi connectivity index (χ1) is 17.1. The molecule has 2 aromatic rings. The van der Waals surface area contributed by atoms with Gasteiger partial charge in [0, 0.05) is 22.3 Å². The van der Waals surface area contributed by atoms with Crippen molar-refractivity contribution in [2.45, 2.75) is 111 Å². The molecular weight excluding hydrogens is 555 g/mol. The molecule has 3 rings (SSSR count). The van der Waals surface area contributed by atoms with Crippen LogP contribution in [-0.4, -0.2) is 4.70 Å². The minimum Gasteiger partial charge on any atom is -0.493 e. The van der Waals surface area contributed by atoms with Gasteiger partial charge in [0.1, 0.15) is 0 Å². The summed E-state index contributed by atoms with van der Waals surface area (Å²) >= 11 is 0. The summed E-state index contributed by atoms with van der Waals surface area (Å²) in [4.78, 5) is 0. The Morgan fingerprint density at radius 2 is 0.842 bits per heavy atom. The maximum Gasteiger partial charge on any atom is 2.00 e. The largest absolute Gasteiger partial charge is 2.00 e. The Kier molecular flexibility index (Phi) is 18.4. The van der Waals surface area contributed by atoms with E-state index < -0.39 is 0 Å². The Morgan fingerprint density at radius 3 is 1.21 bits per heavy atom. The van der Waals surface area contributed by atoms with Crippen LogP contribution >= 0.6 is 0 Å². The second-order valence-electron chi connectivity index (χ2n) is 10.1. The molecule has 38 heavy (non-hydrogen) atoms. The Morgan fingerprint density at radius 1 is 0.500 bits per heavy atom. The van der Waals surface area contributed by atoms with Crippen molar-refractivity contribution in [1.82, 2.24) is 0 Å². The zero-order valence-electron chi connectivity index (χ0n) is 25.0. The van der Waals surface area contributed by atoms with Crippen molar-refractivity contribution in [3.05, 3.63) is 102 Å².